The predicted octanol–water partition coefficient (Wildman–Crippen LogP) is 1.79. The summed E-state index contributed by atoms with van der Waals surface area (Å²) in [5, 5.41) is 13.2. The molecule has 0 saturated heterocycles. The number of para-hydroxylation sites is 2. The van der Waals surface area contributed by atoms with E-state index < -0.39 is 33.2 Å². The Hall–Kier alpha value is -3.27. The molecule has 0 saturated carbocycles. The molecule has 1 amide bonds. The van der Waals surface area contributed by atoms with Crippen molar-refractivity contribution in [3.63, 3.8) is 0 Å². The van der Waals surface area contributed by atoms with Gasteiger partial charge in [-0.05, 0) is 18.2 Å². The molecule has 26 heavy (non-hydrogen) atoms. The summed E-state index contributed by atoms with van der Waals surface area (Å²) in [6, 6.07) is 10.9. The van der Waals surface area contributed by atoms with Gasteiger partial charge in [-0.3, -0.25) is 14.9 Å². The molecule has 2 rings (SSSR count). The van der Waals surface area contributed by atoms with Crippen molar-refractivity contribution in [2.75, 3.05) is 18.2 Å². The van der Waals surface area contributed by atoms with E-state index in [1.54, 1.807) is 0 Å². The second kappa shape index (κ2) is 7.74. The van der Waals surface area contributed by atoms with E-state index in [0.29, 0.717) is 0 Å². The fourth-order valence-electron chi connectivity index (χ4n) is 2.09. The first-order chi connectivity index (χ1) is 12.2. The smallest absolute Gasteiger partial charge is 0.339 e. The second-order valence-electron chi connectivity index (χ2n) is 5.17. The van der Waals surface area contributed by atoms with Crippen LogP contribution in [0.3, 0.4) is 0 Å². The Morgan fingerprint density at radius 3 is 2.38 bits per heavy atom. The largest absolute Gasteiger partial charge is 0.452 e. The minimum atomic E-state index is -3.66. The molecule has 2 aromatic rings. The summed E-state index contributed by atoms with van der Waals surface area (Å²) in [5.74, 6) is -1.80. The van der Waals surface area contributed by atoms with E-state index in [2.05, 4.69) is 5.32 Å². The molecule has 0 aromatic heterocycles. The summed E-state index contributed by atoms with van der Waals surface area (Å²) >= 11 is 0. The molecule has 0 radical (unpaired) electrons. The zero-order chi connectivity index (χ0) is 19.3. The highest BCUT2D eigenvalue weighted by molar-refractivity contribution is 7.90. The molecule has 0 aliphatic heterocycles. The summed E-state index contributed by atoms with van der Waals surface area (Å²) in [7, 11) is -3.66. The Morgan fingerprint density at radius 1 is 1.12 bits per heavy atom. The molecule has 0 aliphatic rings. The van der Waals surface area contributed by atoms with Crippen LogP contribution in [0, 0.1) is 10.1 Å². The highest BCUT2D eigenvalue weighted by Crippen LogP contribution is 2.23. The van der Waals surface area contributed by atoms with Gasteiger partial charge >= 0.3 is 5.97 Å². The molecule has 0 aliphatic carbocycles. The molecule has 0 heterocycles. The molecular weight excluding hydrogens is 364 g/mol. The highest BCUT2D eigenvalue weighted by Gasteiger charge is 2.21. The lowest BCUT2D eigenvalue weighted by molar-refractivity contribution is -0.383. The molecule has 10 heteroatoms. The van der Waals surface area contributed by atoms with Gasteiger partial charge in [-0.2, -0.15) is 0 Å². The predicted molar refractivity (Wildman–Crippen MR) is 91.6 cm³/mol. The first-order valence-electron chi connectivity index (χ1n) is 7.19. The molecule has 2 aromatic carbocycles. The molecule has 0 bridgehead atoms. The second-order valence-corrected chi connectivity index (χ2v) is 7.15. The Balaban J connectivity index is 2.07. The van der Waals surface area contributed by atoms with Crippen molar-refractivity contribution in [2.45, 2.75) is 4.90 Å². The zero-order valence-electron chi connectivity index (χ0n) is 13.5. The quantitative estimate of drug-likeness (QED) is 0.460. The maximum atomic E-state index is 12.1. The molecule has 0 fully saturated rings. The number of hydrogen-bond acceptors (Lipinski definition) is 7. The molecule has 0 atom stereocenters. The van der Waals surface area contributed by atoms with Crippen LogP contribution in [0.2, 0.25) is 0 Å². The third kappa shape index (κ3) is 4.63. The van der Waals surface area contributed by atoms with Crippen LogP contribution in [-0.4, -0.2) is 38.1 Å². The fourth-order valence-corrected chi connectivity index (χ4v) is 2.97. The minimum Gasteiger partial charge on any atom is -0.452 e. The third-order valence-corrected chi connectivity index (χ3v) is 4.37. The summed E-state index contributed by atoms with van der Waals surface area (Å²) in [5.41, 5.74) is -0.557. The topological polar surface area (TPSA) is 133 Å². The van der Waals surface area contributed by atoms with Gasteiger partial charge in [0.15, 0.2) is 16.4 Å². The van der Waals surface area contributed by atoms with Crippen LogP contribution in [0.25, 0.3) is 0 Å². The minimum absolute atomic E-state index is 0.0462. The number of hydrogen-bond donors (Lipinski definition) is 1. The van der Waals surface area contributed by atoms with Gasteiger partial charge in [0, 0.05) is 12.3 Å². The standard InChI is InChI=1S/C16H14N2O7S/c1-26(23,24)14-9-5-2-6-11(14)16(20)25-10-15(19)17-12-7-3-4-8-13(12)18(21)22/h2-9H,10H2,1H3,(H,17,19). The van der Waals surface area contributed by atoms with Crippen molar-refractivity contribution in [1.29, 1.82) is 0 Å². The number of carbonyl (C=O) groups excluding carboxylic acids is 2. The number of sulfone groups is 1. The van der Waals surface area contributed by atoms with Gasteiger partial charge in [0.1, 0.15) is 5.69 Å². The average molecular weight is 378 g/mol. The molecular formula is C16H14N2O7S. The van der Waals surface area contributed by atoms with Crippen molar-refractivity contribution in [2.24, 2.45) is 0 Å². The first kappa shape index (κ1) is 19.1. The van der Waals surface area contributed by atoms with Gasteiger partial charge in [0.2, 0.25) is 0 Å². The van der Waals surface area contributed by atoms with E-state index in [9.17, 15) is 28.1 Å². The number of anilines is 1. The molecule has 0 spiro atoms. The lowest BCUT2D eigenvalue weighted by Gasteiger charge is -2.09. The van der Waals surface area contributed by atoms with Crippen molar-refractivity contribution < 1.29 is 27.7 Å². The Morgan fingerprint density at radius 2 is 1.73 bits per heavy atom. The lowest BCUT2D eigenvalue weighted by atomic mass is 10.2. The van der Waals surface area contributed by atoms with Crippen LogP contribution in [-0.2, 0) is 19.4 Å². The van der Waals surface area contributed by atoms with Gasteiger partial charge in [-0.15, -0.1) is 0 Å². The third-order valence-electron chi connectivity index (χ3n) is 3.22. The number of benzene rings is 2. The number of esters is 1. The van der Waals surface area contributed by atoms with Crippen LogP contribution in [0.1, 0.15) is 10.4 Å². The number of nitro benzene ring substituents is 1. The van der Waals surface area contributed by atoms with E-state index in [-0.39, 0.29) is 21.8 Å². The molecule has 136 valence electrons. The Bertz CT molecular complexity index is 970. The van der Waals surface area contributed by atoms with Gasteiger partial charge in [-0.25, -0.2) is 13.2 Å². The van der Waals surface area contributed by atoms with E-state index in [0.717, 1.165) is 6.26 Å². The van der Waals surface area contributed by atoms with Gasteiger partial charge in [0.05, 0.1) is 15.4 Å². The maximum absolute atomic E-state index is 12.1. The number of amides is 1. The SMILES string of the molecule is CS(=O)(=O)c1ccccc1C(=O)OCC(=O)Nc1ccccc1[N+](=O)[O-]. The molecule has 0 unspecified atom stereocenters. The van der Waals surface area contributed by atoms with Gasteiger partial charge in [-0.1, -0.05) is 24.3 Å². The highest BCUT2D eigenvalue weighted by atomic mass is 32.2. The van der Waals surface area contributed by atoms with Gasteiger partial charge in [0.25, 0.3) is 11.6 Å². The summed E-state index contributed by atoms with van der Waals surface area (Å²) in [6.07, 6.45) is 0.945. The van der Waals surface area contributed by atoms with E-state index in [1.165, 1.54) is 48.5 Å². The first-order valence-corrected chi connectivity index (χ1v) is 9.09. The molecule has 9 nitrogen and oxygen atoms in total. The zero-order valence-corrected chi connectivity index (χ0v) is 14.4. The number of carbonyl (C=O) groups is 2. The van der Waals surface area contributed by atoms with Crippen molar-refractivity contribution >= 4 is 33.1 Å². The van der Waals surface area contributed by atoms with Crippen molar-refractivity contribution in [3.8, 4) is 0 Å². The fraction of sp³-hybridized carbons (Fsp3) is 0.125. The van der Waals surface area contributed by atoms with Crippen LogP contribution in [0.15, 0.2) is 53.4 Å². The van der Waals surface area contributed by atoms with Crippen LogP contribution < -0.4 is 5.32 Å². The van der Waals surface area contributed by atoms with E-state index >= 15 is 0 Å². The van der Waals surface area contributed by atoms with Crippen molar-refractivity contribution in [3.05, 3.63) is 64.2 Å². The van der Waals surface area contributed by atoms with Crippen LogP contribution >= 0.6 is 0 Å². The number of ether oxygens (including phenoxy) is 1. The normalized spacial score (nSPS) is 10.8. The number of nitrogens with zero attached hydrogens (tertiary/aromatic N) is 1. The summed E-state index contributed by atoms with van der Waals surface area (Å²) < 4.78 is 28.2. The maximum Gasteiger partial charge on any atom is 0.339 e. The molecule has 1 N–H and O–H groups in total. The van der Waals surface area contributed by atoms with E-state index in [1.807, 2.05) is 0 Å². The Kier molecular flexibility index (Phi) is 5.68. The number of nitro groups is 1. The van der Waals surface area contributed by atoms with Gasteiger partial charge < -0.3 is 10.1 Å². The van der Waals surface area contributed by atoms with E-state index in [4.69, 9.17) is 4.74 Å². The monoisotopic (exact) mass is 378 g/mol. The van der Waals surface area contributed by atoms with Crippen LogP contribution in [0.5, 0.6) is 0 Å². The Labute approximate surface area is 148 Å². The summed E-state index contributed by atoms with van der Waals surface area (Å²) in [4.78, 5) is 34.0. The van der Waals surface area contributed by atoms with Crippen LogP contribution in [0.4, 0.5) is 11.4 Å². The summed E-state index contributed by atoms with van der Waals surface area (Å²) in [6.45, 7) is -0.733. The average Bonchev–Trinajstić information content (AvgIpc) is 2.59. The number of nitrogens with one attached hydrogen (secondary N) is 1. The lowest BCUT2D eigenvalue weighted by Crippen LogP contribution is -2.22. The number of rotatable bonds is 6. The van der Waals surface area contributed by atoms with Crippen molar-refractivity contribution in [1.82, 2.24) is 0 Å².